The molecule has 0 amide bonds. The Morgan fingerprint density at radius 2 is 2.20 bits per heavy atom. The van der Waals surface area contributed by atoms with Gasteiger partial charge in [-0.25, -0.2) is 8.42 Å². The van der Waals surface area contributed by atoms with Crippen LogP contribution in [0.5, 0.6) is 0 Å². The van der Waals surface area contributed by atoms with E-state index in [4.69, 9.17) is 0 Å². The molecule has 1 saturated heterocycles. The van der Waals surface area contributed by atoms with E-state index in [1.807, 2.05) is 6.07 Å². The molecule has 1 aromatic carbocycles. The summed E-state index contributed by atoms with van der Waals surface area (Å²) >= 11 is 0. The highest BCUT2D eigenvalue weighted by molar-refractivity contribution is 7.89. The quantitative estimate of drug-likeness (QED) is 0.879. The Balaban J connectivity index is 1.95. The van der Waals surface area contributed by atoms with Crippen LogP contribution in [0.1, 0.15) is 24.8 Å². The van der Waals surface area contributed by atoms with Gasteiger partial charge in [0.2, 0.25) is 10.0 Å². The predicted molar refractivity (Wildman–Crippen MR) is 77.3 cm³/mol. The number of fused-ring (bicyclic) bond motifs is 1. The first-order chi connectivity index (χ1) is 9.63. The maximum atomic E-state index is 12.7. The molecule has 5 nitrogen and oxygen atoms in total. The Bertz CT molecular complexity index is 600. The van der Waals surface area contributed by atoms with Gasteiger partial charge in [-0.05, 0) is 49.4 Å². The molecule has 2 aliphatic rings. The van der Waals surface area contributed by atoms with E-state index < -0.39 is 10.0 Å². The lowest BCUT2D eigenvalue weighted by Gasteiger charge is -2.24. The normalized spacial score (nSPS) is 23.4. The van der Waals surface area contributed by atoms with Crippen molar-refractivity contribution < 1.29 is 13.5 Å². The number of hydrogen-bond donors (Lipinski definition) is 2. The second-order valence-electron chi connectivity index (χ2n) is 5.44. The lowest BCUT2D eigenvalue weighted by Crippen LogP contribution is -2.37. The van der Waals surface area contributed by atoms with Gasteiger partial charge in [0.25, 0.3) is 0 Å². The van der Waals surface area contributed by atoms with Gasteiger partial charge in [-0.3, -0.25) is 0 Å². The highest BCUT2D eigenvalue weighted by Gasteiger charge is 2.35. The summed E-state index contributed by atoms with van der Waals surface area (Å²) in [5.74, 6) is 0. The van der Waals surface area contributed by atoms with E-state index in [2.05, 4.69) is 5.32 Å². The fourth-order valence-corrected chi connectivity index (χ4v) is 4.79. The Kier molecular flexibility index (Phi) is 3.70. The molecule has 2 N–H and O–H groups in total. The van der Waals surface area contributed by atoms with E-state index in [1.165, 1.54) is 4.31 Å². The van der Waals surface area contributed by atoms with Gasteiger partial charge in [-0.15, -0.1) is 0 Å². The van der Waals surface area contributed by atoms with Crippen LogP contribution in [0, 0.1) is 0 Å². The van der Waals surface area contributed by atoms with E-state index in [9.17, 15) is 13.5 Å². The molecule has 0 spiro atoms. The first-order valence-corrected chi connectivity index (χ1v) is 8.56. The number of sulfonamides is 1. The Hall–Kier alpha value is -1.11. The molecule has 2 heterocycles. The summed E-state index contributed by atoms with van der Waals surface area (Å²) in [6.45, 7) is 1.34. The molecule has 0 aromatic heterocycles. The first-order valence-electron chi connectivity index (χ1n) is 7.12. The molecular formula is C14H20N2O3S. The van der Waals surface area contributed by atoms with Crippen LogP contribution in [0.2, 0.25) is 0 Å². The third kappa shape index (κ3) is 2.32. The Labute approximate surface area is 119 Å². The van der Waals surface area contributed by atoms with Crippen LogP contribution in [0.15, 0.2) is 23.1 Å². The summed E-state index contributed by atoms with van der Waals surface area (Å²) in [4.78, 5) is 0.347. The van der Waals surface area contributed by atoms with Crippen molar-refractivity contribution in [3.05, 3.63) is 23.8 Å². The number of nitrogens with zero attached hydrogens (tertiary/aromatic N) is 1. The largest absolute Gasteiger partial charge is 0.395 e. The lowest BCUT2D eigenvalue weighted by atomic mass is 10.0. The molecule has 1 aromatic rings. The molecule has 0 radical (unpaired) electrons. The summed E-state index contributed by atoms with van der Waals surface area (Å²) in [5.41, 5.74) is 2.10. The van der Waals surface area contributed by atoms with Crippen molar-refractivity contribution in [2.24, 2.45) is 0 Å². The number of benzene rings is 1. The number of aliphatic hydroxyl groups excluding tert-OH is 1. The highest BCUT2D eigenvalue weighted by atomic mass is 32.2. The molecule has 0 bridgehead atoms. The fourth-order valence-electron chi connectivity index (χ4n) is 3.06. The van der Waals surface area contributed by atoms with Crippen LogP contribution in [-0.2, 0) is 16.4 Å². The molecule has 20 heavy (non-hydrogen) atoms. The second-order valence-corrected chi connectivity index (χ2v) is 7.33. The molecular weight excluding hydrogens is 276 g/mol. The highest BCUT2D eigenvalue weighted by Crippen LogP contribution is 2.29. The summed E-state index contributed by atoms with van der Waals surface area (Å²) < 4.78 is 26.8. The van der Waals surface area contributed by atoms with E-state index >= 15 is 0 Å². The van der Waals surface area contributed by atoms with Gasteiger partial charge in [0.1, 0.15) is 0 Å². The van der Waals surface area contributed by atoms with Crippen LogP contribution in [0.4, 0.5) is 5.69 Å². The Morgan fingerprint density at radius 1 is 1.35 bits per heavy atom. The fraction of sp³-hybridized carbons (Fsp3) is 0.571. The summed E-state index contributed by atoms with van der Waals surface area (Å²) in [6.07, 6.45) is 3.49. The van der Waals surface area contributed by atoms with Gasteiger partial charge in [0, 0.05) is 24.8 Å². The third-order valence-electron chi connectivity index (χ3n) is 4.16. The number of nitrogens with one attached hydrogen (secondary N) is 1. The molecule has 3 rings (SSSR count). The van der Waals surface area contributed by atoms with Crippen LogP contribution in [-0.4, -0.2) is 43.6 Å². The van der Waals surface area contributed by atoms with Gasteiger partial charge in [0.05, 0.1) is 11.5 Å². The zero-order valence-electron chi connectivity index (χ0n) is 11.4. The first kappa shape index (κ1) is 13.9. The number of aliphatic hydroxyl groups is 1. The van der Waals surface area contributed by atoms with E-state index in [1.54, 1.807) is 12.1 Å². The average Bonchev–Trinajstić information content (AvgIpc) is 2.96. The van der Waals surface area contributed by atoms with Gasteiger partial charge in [-0.2, -0.15) is 4.31 Å². The predicted octanol–water partition coefficient (Wildman–Crippen LogP) is 1.19. The summed E-state index contributed by atoms with van der Waals surface area (Å²) in [6, 6.07) is 5.03. The van der Waals surface area contributed by atoms with E-state index in [0.717, 1.165) is 43.5 Å². The van der Waals surface area contributed by atoms with Crippen molar-refractivity contribution in [1.82, 2.24) is 4.31 Å². The third-order valence-corrected chi connectivity index (χ3v) is 6.10. The molecule has 0 saturated carbocycles. The zero-order valence-corrected chi connectivity index (χ0v) is 12.2. The molecule has 1 unspecified atom stereocenters. The van der Waals surface area contributed by atoms with E-state index in [-0.39, 0.29) is 12.6 Å². The minimum absolute atomic E-state index is 0.105. The SMILES string of the molecule is O=S(=O)(c1ccc2c(c1)CCCN2)N1CCCC1CO. The molecule has 1 atom stereocenters. The number of rotatable bonds is 3. The maximum Gasteiger partial charge on any atom is 0.243 e. The van der Waals surface area contributed by atoms with Crippen molar-refractivity contribution in [3.63, 3.8) is 0 Å². The number of hydrogen-bond acceptors (Lipinski definition) is 4. The number of anilines is 1. The van der Waals surface area contributed by atoms with Crippen molar-refractivity contribution in [2.75, 3.05) is 25.0 Å². The van der Waals surface area contributed by atoms with Gasteiger partial charge < -0.3 is 10.4 Å². The minimum Gasteiger partial charge on any atom is -0.395 e. The van der Waals surface area contributed by atoms with Gasteiger partial charge in [0.15, 0.2) is 0 Å². The van der Waals surface area contributed by atoms with Crippen LogP contribution in [0.3, 0.4) is 0 Å². The molecule has 110 valence electrons. The smallest absolute Gasteiger partial charge is 0.243 e. The zero-order chi connectivity index (χ0) is 14.2. The molecule has 2 aliphatic heterocycles. The standard InChI is InChI=1S/C14H20N2O3S/c17-10-12-4-2-8-16(12)20(18,19)13-5-6-14-11(9-13)3-1-7-15-14/h5-6,9,12,15,17H,1-4,7-8,10H2. The van der Waals surface area contributed by atoms with Crippen molar-refractivity contribution in [1.29, 1.82) is 0 Å². The minimum atomic E-state index is -3.49. The second kappa shape index (κ2) is 5.35. The average molecular weight is 296 g/mol. The van der Waals surface area contributed by atoms with Crippen LogP contribution < -0.4 is 5.32 Å². The van der Waals surface area contributed by atoms with Crippen LogP contribution >= 0.6 is 0 Å². The monoisotopic (exact) mass is 296 g/mol. The summed E-state index contributed by atoms with van der Waals surface area (Å²) in [7, 11) is -3.49. The lowest BCUT2D eigenvalue weighted by molar-refractivity contribution is 0.213. The molecule has 1 fully saturated rings. The maximum absolute atomic E-state index is 12.7. The van der Waals surface area contributed by atoms with Crippen molar-refractivity contribution in [3.8, 4) is 0 Å². The van der Waals surface area contributed by atoms with Crippen molar-refractivity contribution >= 4 is 15.7 Å². The van der Waals surface area contributed by atoms with Gasteiger partial charge >= 0.3 is 0 Å². The molecule has 0 aliphatic carbocycles. The van der Waals surface area contributed by atoms with E-state index in [0.29, 0.717) is 11.4 Å². The summed E-state index contributed by atoms with van der Waals surface area (Å²) in [5, 5.41) is 12.6. The molecule has 6 heteroatoms. The van der Waals surface area contributed by atoms with Gasteiger partial charge in [-0.1, -0.05) is 0 Å². The Morgan fingerprint density at radius 3 is 3.00 bits per heavy atom. The number of aryl methyl sites for hydroxylation is 1. The van der Waals surface area contributed by atoms with Crippen molar-refractivity contribution in [2.45, 2.75) is 36.6 Å². The topological polar surface area (TPSA) is 69.6 Å². The van der Waals surface area contributed by atoms with Crippen LogP contribution in [0.25, 0.3) is 0 Å².